The average molecular weight is 399 g/mol. The van der Waals surface area contributed by atoms with Gasteiger partial charge in [0.05, 0.1) is 31.6 Å². The molecule has 28 heavy (non-hydrogen) atoms. The Bertz CT molecular complexity index is 930. The fraction of sp³-hybridized carbons (Fsp3) is 0.250. The van der Waals surface area contributed by atoms with E-state index in [1.165, 1.54) is 11.8 Å². The van der Waals surface area contributed by atoms with Crippen molar-refractivity contribution < 1.29 is 18.8 Å². The van der Waals surface area contributed by atoms with E-state index in [0.29, 0.717) is 28.8 Å². The number of methoxy groups -OCH3 is 2. The topological polar surface area (TPSA) is 86.5 Å². The first-order valence-electron chi connectivity index (χ1n) is 8.65. The third kappa shape index (κ3) is 4.83. The zero-order valence-corrected chi connectivity index (χ0v) is 16.7. The monoisotopic (exact) mass is 399 g/mol. The van der Waals surface area contributed by atoms with E-state index < -0.39 is 0 Å². The van der Waals surface area contributed by atoms with E-state index in [1.807, 2.05) is 37.3 Å². The van der Waals surface area contributed by atoms with Crippen molar-refractivity contribution in [2.75, 3.05) is 14.2 Å². The first-order valence-corrected chi connectivity index (χ1v) is 9.53. The molecule has 8 heteroatoms. The first-order chi connectivity index (χ1) is 13.6. The van der Waals surface area contributed by atoms with Gasteiger partial charge in [-0.05, 0) is 31.2 Å². The number of hydrogen-bond acceptors (Lipinski definition) is 7. The number of nitrogens with one attached hydrogen (secondary N) is 1. The molecule has 0 bridgehead atoms. The molecule has 146 valence electrons. The number of carbonyl (C=O) groups excluding carboxylic acids is 1. The Labute approximate surface area is 167 Å². The Morgan fingerprint density at radius 2 is 1.96 bits per heavy atom. The van der Waals surface area contributed by atoms with E-state index in [1.54, 1.807) is 32.4 Å². The highest BCUT2D eigenvalue weighted by Gasteiger charge is 2.17. The molecule has 0 fully saturated rings. The van der Waals surface area contributed by atoms with Crippen molar-refractivity contribution in [2.24, 2.45) is 0 Å². The summed E-state index contributed by atoms with van der Waals surface area (Å²) < 4.78 is 15.8. The fourth-order valence-electron chi connectivity index (χ4n) is 2.48. The molecule has 2 aromatic carbocycles. The molecular formula is C20H21N3O4S. The number of benzene rings is 2. The van der Waals surface area contributed by atoms with Crippen molar-refractivity contribution in [3.8, 4) is 22.9 Å². The molecule has 0 aliphatic heterocycles. The molecule has 0 saturated carbocycles. The molecule has 1 N–H and O–H groups in total. The maximum absolute atomic E-state index is 12.3. The predicted molar refractivity (Wildman–Crippen MR) is 106 cm³/mol. The maximum atomic E-state index is 12.3. The summed E-state index contributed by atoms with van der Waals surface area (Å²) in [6.45, 7) is 2.01. The van der Waals surface area contributed by atoms with Gasteiger partial charge in [-0.3, -0.25) is 4.79 Å². The molecule has 7 nitrogen and oxygen atoms in total. The lowest BCUT2D eigenvalue weighted by molar-refractivity contribution is -0.120. The zero-order valence-electron chi connectivity index (χ0n) is 15.8. The van der Waals surface area contributed by atoms with Gasteiger partial charge in [0.15, 0.2) is 0 Å². The minimum absolute atomic E-state index is 0.101. The highest BCUT2D eigenvalue weighted by molar-refractivity contribution is 8.00. The van der Waals surface area contributed by atoms with Crippen LogP contribution in [0.3, 0.4) is 0 Å². The zero-order chi connectivity index (χ0) is 19.9. The van der Waals surface area contributed by atoms with Gasteiger partial charge in [-0.1, -0.05) is 23.4 Å². The molecular weight excluding hydrogens is 378 g/mol. The quantitative estimate of drug-likeness (QED) is 0.580. The van der Waals surface area contributed by atoms with Gasteiger partial charge in [-0.25, -0.2) is 0 Å². The largest absolute Gasteiger partial charge is 0.497 e. The number of aromatic nitrogens is 2. The van der Waals surface area contributed by atoms with Crippen molar-refractivity contribution in [2.45, 2.75) is 23.6 Å². The molecule has 0 unspecified atom stereocenters. The highest BCUT2D eigenvalue weighted by atomic mass is 32.2. The van der Waals surface area contributed by atoms with Crippen LogP contribution in [0.25, 0.3) is 11.4 Å². The number of rotatable bonds is 8. The lowest BCUT2D eigenvalue weighted by Crippen LogP contribution is -2.30. The van der Waals surface area contributed by atoms with Crippen LogP contribution in [0, 0.1) is 0 Å². The Balaban J connectivity index is 1.61. The van der Waals surface area contributed by atoms with Gasteiger partial charge in [0.25, 0.3) is 0 Å². The van der Waals surface area contributed by atoms with E-state index in [4.69, 9.17) is 14.0 Å². The lowest BCUT2D eigenvalue weighted by Gasteiger charge is -2.10. The normalized spacial score (nSPS) is 11.7. The standard InChI is InChI=1S/C20H21N3O4S/c1-13(28-15-7-5-4-6-8-15)20(24)21-12-18-22-19(23-27-18)16-10-9-14(25-2)11-17(16)26-3/h4-11,13H,12H2,1-3H3,(H,21,24)/t13-/m0/s1. The molecule has 3 aromatic rings. The molecule has 0 spiro atoms. The number of ether oxygens (including phenoxy) is 2. The van der Waals surface area contributed by atoms with Crippen molar-refractivity contribution >= 4 is 17.7 Å². The molecule has 1 amide bonds. The average Bonchev–Trinajstić information content (AvgIpc) is 3.21. The number of amides is 1. The molecule has 0 saturated heterocycles. The fourth-order valence-corrected chi connectivity index (χ4v) is 3.40. The van der Waals surface area contributed by atoms with Gasteiger partial charge in [0.2, 0.25) is 17.6 Å². The third-order valence-electron chi connectivity index (χ3n) is 3.96. The summed E-state index contributed by atoms with van der Waals surface area (Å²) in [7, 11) is 3.14. The number of hydrogen-bond donors (Lipinski definition) is 1. The van der Waals surface area contributed by atoms with E-state index in [0.717, 1.165) is 4.90 Å². The molecule has 1 atom stereocenters. The first kappa shape index (κ1) is 19.8. The van der Waals surface area contributed by atoms with Crippen LogP contribution in [0.15, 0.2) is 57.9 Å². The van der Waals surface area contributed by atoms with E-state index in [2.05, 4.69) is 15.5 Å². The van der Waals surface area contributed by atoms with Gasteiger partial charge in [0, 0.05) is 11.0 Å². The summed E-state index contributed by atoms with van der Waals surface area (Å²) in [6.07, 6.45) is 0. The van der Waals surface area contributed by atoms with E-state index in [9.17, 15) is 4.79 Å². The second kappa shape index (κ2) is 9.27. The molecule has 0 radical (unpaired) electrons. The smallest absolute Gasteiger partial charge is 0.246 e. The summed E-state index contributed by atoms with van der Waals surface area (Å²) in [5, 5.41) is 6.56. The van der Waals surface area contributed by atoms with Crippen LogP contribution in [-0.2, 0) is 11.3 Å². The number of thioether (sulfide) groups is 1. The van der Waals surface area contributed by atoms with Gasteiger partial charge >= 0.3 is 0 Å². The summed E-state index contributed by atoms with van der Waals surface area (Å²) in [5.74, 6) is 1.84. The van der Waals surface area contributed by atoms with Crippen LogP contribution in [0.1, 0.15) is 12.8 Å². The van der Waals surface area contributed by atoms with Gasteiger partial charge < -0.3 is 19.3 Å². The van der Waals surface area contributed by atoms with Crippen molar-refractivity contribution in [1.29, 1.82) is 0 Å². The number of carbonyl (C=O) groups is 1. The second-order valence-electron chi connectivity index (χ2n) is 5.87. The molecule has 3 rings (SSSR count). The van der Waals surface area contributed by atoms with Gasteiger partial charge in [-0.2, -0.15) is 4.98 Å². The Hall–Kier alpha value is -3.00. The van der Waals surface area contributed by atoms with Crippen LogP contribution in [-0.4, -0.2) is 35.5 Å². The van der Waals surface area contributed by atoms with Crippen molar-refractivity contribution in [1.82, 2.24) is 15.5 Å². The molecule has 1 heterocycles. The van der Waals surface area contributed by atoms with Crippen molar-refractivity contribution in [3.05, 3.63) is 54.4 Å². The minimum Gasteiger partial charge on any atom is -0.497 e. The molecule has 0 aliphatic rings. The van der Waals surface area contributed by atoms with Crippen LogP contribution < -0.4 is 14.8 Å². The molecule has 1 aromatic heterocycles. The Morgan fingerprint density at radius 1 is 1.18 bits per heavy atom. The maximum Gasteiger partial charge on any atom is 0.246 e. The summed E-state index contributed by atoms with van der Waals surface area (Å²) in [6, 6.07) is 15.1. The van der Waals surface area contributed by atoms with Crippen LogP contribution in [0.2, 0.25) is 0 Å². The van der Waals surface area contributed by atoms with Crippen LogP contribution in [0.5, 0.6) is 11.5 Å². The van der Waals surface area contributed by atoms with E-state index >= 15 is 0 Å². The lowest BCUT2D eigenvalue weighted by atomic mass is 10.2. The summed E-state index contributed by atoms with van der Waals surface area (Å²) in [4.78, 5) is 17.7. The Kier molecular flexibility index (Phi) is 6.54. The minimum atomic E-state index is -0.244. The summed E-state index contributed by atoms with van der Waals surface area (Å²) in [5.41, 5.74) is 0.678. The third-order valence-corrected chi connectivity index (χ3v) is 5.07. The summed E-state index contributed by atoms with van der Waals surface area (Å²) >= 11 is 1.49. The SMILES string of the molecule is COc1ccc(-c2noc(CNC(=O)[C@H](C)Sc3ccccc3)n2)c(OC)c1. The Morgan fingerprint density at radius 3 is 2.68 bits per heavy atom. The number of nitrogens with zero attached hydrogens (tertiary/aromatic N) is 2. The van der Waals surface area contributed by atoms with Crippen molar-refractivity contribution in [3.63, 3.8) is 0 Å². The highest BCUT2D eigenvalue weighted by Crippen LogP contribution is 2.31. The van der Waals surface area contributed by atoms with Crippen LogP contribution in [0.4, 0.5) is 0 Å². The molecule has 0 aliphatic carbocycles. The van der Waals surface area contributed by atoms with Gasteiger partial charge in [0.1, 0.15) is 11.5 Å². The van der Waals surface area contributed by atoms with Crippen LogP contribution >= 0.6 is 11.8 Å². The van der Waals surface area contributed by atoms with E-state index in [-0.39, 0.29) is 17.7 Å². The second-order valence-corrected chi connectivity index (χ2v) is 7.28. The van der Waals surface area contributed by atoms with Gasteiger partial charge in [-0.15, -0.1) is 11.8 Å². The predicted octanol–water partition coefficient (Wildman–Crippen LogP) is 3.55.